The first-order valence-electron chi connectivity index (χ1n) is 5.77. The maximum Gasteiger partial charge on any atom is 0.345 e. The van der Waals surface area contributed by atoms with Crippen molar-refractivity contribution in [2.75, 3.05) is 0 Å². The van der Waals surface area contributed by atoms with Crippen LogP contribution in [0.3, 0.4) is 0 Å². The van der Waals surface area contributed by atoms with Crippen LogP contribution in [0.2, 0.25) is 0 Å². The lowest BCUT2D eigenvalue weighted by molar-refractivity contribution is 0.0702. The number of rotatable bonds is 5. The van der Waals surface area contributed by atoms with Crippen molar-refractivity contribution in [1.82, 2.24) is 4.72 Å². The Morgan fingerprint density at radius 2 is 1.95 bits per heavy atom. The van der Waals surface area contributed by atoms with Crippen LogP contribution in [0.1, 0.15) is 20.8 Å². The van der Waals surface area contributed by atoms with Gasteiger partial charge in [-0.05, 0) is 30.2 Å². The molecule has 0 aliphatic heterocycles. The predicted molar refractivity (Wildman–Crippen MR) is 76.5 cm³/mol. The second kappa shape index (κ2) is 5.74. The molecule has 1 heterocycles. The van der Waals surface area contributed by atoms with Crippen molar-refractivity contribution in [3.63, 3.8) is 0 Å². The normalized spacial score (nSPS) is 11.4. The molecule has 0 saturated heterocycles. The number of carbonyl (C=O) groups is 1. The summed E-state index contributed by atoms with van der Waals surface area (Å²) >= 11 is 0.737. The zero-order valence-electron chi connectivity index (χ0n) is 10.7. The van der Waals surface area contributed by atoms with E-state index in [1.807, 2.05) is 31.2 Å². The van der Waals surface area contributed by atoms with Crippen LogP contribution in [0.5, 0.6) is 0 Å². The molecule has 1 aromatic heterocycles. The molecule has 2 N–H and O–H groups in total. The van der Waals surface area contributed by atoms with Crippen LogP contribution in [0.25, 0.3) is 0 Å². The molecule has 0 fully saturated rings. The Bertz CT molecular complexity index is 734. The van der Waals surface area contributed by atoms with E-state index in [-0.39, 0.29) is 15.6 Å². The van der Waals surface area contributed by atoms with Crippen LogP contribution in [0.4, 0.5) is 0 Å². The summed E-state index contributed by atoms with van der Waals surface area (Å²) < 4.78 is 26.6. The van der Waals surface area contributed by atoms with E-state index >= 15 is 0 Å². The number of aromatic carboxylic acids is 1. The van der Waals surface area contributed by atoms with Crippen LogP contribution < -0.4 is 4.72 Å². The van der Waals surface area contributed by atoms with Gasteiger partial charge in [-0.25, -0.2) is 17.9 Å². The monoisotopic (exact) mass is 311 g/mol. The van der Waals surface area contributed by atoms with Gasteiger partial charge in [0, 0.05) is 6.54 Å². The number of sulfonamides is 1. The molecule has 106 valence electrons. The molecule has 0 spiro atoms. The van der Waals surface area contributed by atoms with Crippen LogP contribution in [-0.4, -0.2) is 19.5 Å². The number of aryl methyl sites for hydroxylation is 1. The highest BCUT2D eigenvalue weighted by molar-refractivity contribution is 7.91. The molecule has 0 aliphatic carbocycles. The molecule has 5 nitrogen and oxygen atoms in total. The van der Waals surface area contributed by atoms with E-state index in [9.17, 15) is 13.2 Å². The number of benzene rings is 1. The van der Waals surface area contributed by atoms with E-state index in [0.29, 0.717) is 0 Å². The molecule has 1 aromatic carbocycles. The molecular weight excluding hydrogens is 298 g/mol. The molecule has 2 aromatic rings. The molecule has 0 unspecified atom stereocenters. The van der Waals surface area contributed by atoms with E-state index < -0.39 is 16.0 Å². The molecule has 20 heavy (non-hydrogen) atoms. The Kier molecular flexibility index (Phi) is 4.22. The third-order valence-electron chi connectivity index (χ3n) is 2.77. The molecule has 0 aliphatic rings. The van der Waals surface area contributed by atoms with Crippen LogP contribution in [-0.2, 0) is 16.6 Å². The Hall–Kier alpha value is -1.70. The average molecular weight is 311 g/mol. The quantitative estimate of drug-likeness (QED) is 0.887. The molecular formula is C13H13NO4S2. The summed E-state index contributed by atoms with van der Waals surface area (Å²) in [6.45, 7) is 2.08. The first kappa shape index (κ1) is 14.7. The van der Waals surface area contributed by atoms with Crippen molar-refractivity contribution in [2.45, 2.75) is 17.7 Å². The largest absolute Gasteiger partial charge is 0.477 e. The SMILES string of the molecule is Cc1ccccc1CNS(=O)(=O)c1ccc(C(=O)O)s1. The standard InChI is InChI=1S/C13H13NO4S2/c1-9-4-2-3-5-10(9)8-14-20(17,18)12-7-6-11(19-12)13(15)16/h2-7,14H,8H2,1H3,(H,15,16). The highest BCUT2D eigenvalue weighted by atomic mass is 32.2. The number of hydrogen-bond acceptors (Lipinski definition) is 4. The summed E-state index contributed by atoms with van der Waals surface area (Å²) in [5, 5.41) is 8.80. The minimum atomic E-state index is -3.68. The van der Waals surface area contributed by atoms with Gasteiger partial charge in [0.2, 0.25) is 10.0 Å². The lowest BCUT2D eigenvalue weighted by Crippen LogP contribution is -2.22. The fourth-order valence-corrected chi connectivity index (χ4v) is 3.83. The van der Waals surface area contributed by atoms with Gasteiger partial charge < -0.3 is 5.11 Å². The Labute approximate surface area is 120 Å². The van der Waals surface area contributed by atoms with E-state index in [1.165, 1.54) is 12.1 Å². The molecule has 0 radical (unpaired) electrons. The van der Waals surface area contributed by atoms with E-state index in [4.69, 9.17) is 5.11 Å². The van der Waals surface area contributed by atoms with Gasteiger partial charge in [-0.15, -0.1) is 11.3 Å². The number of carboxylic acids is 1. The smallest absolute Gasteiger partial charge is 0.345 e. The maximum absolute atomic E-state index is 12.1. The van der Waals surface area contributed by atoms with Gasteiger partial charge in [0.25, 0.3) is 0 Å². The third kappa shape index (κ3) is 3.24. The molecule has 0 saturated carbocycles. The summed E-state index contributed by atoms with van der Waals surface area (Å²) in [4.78, 5) is 10.8. The van der Waals surface area contributed by atoms with Crippen molar-refractivity contribution in [1.29, 1.82) is 0 Å². The number of thiophene rings is 1. The lowest BCUT2D eigenvalue weighted by Gasteiger charge is -2.07. The van der Waals surface area contributed by atoms with Crippen molar-refractivity contribution < 1.29 is 18.3 Å². The van der Waals surface area contributed by atoms with E-state index in [2.05, 4.69) is 4.72 Å². The fraction of sp³-hybridized carbons (Fsp3) is 0.154. The lowest BCUT2D eigenvalue weighted by atomic mass is 10.1. The molecule has 0 atom stereocenters. The predicted octanol–water partition coefficient (Wildman–Crippen LogP) is 2.23. The van der Waals surface area contributed by atoms with Gasteiger partial charge in [0.15, 0.2) is 0 Å². The zero-order valence-corrected chi connectivity index (χ0v) is 12.3. The summed E-state index contributed by atoms with van der Waals surface area (Å²) in [7, 11) is -3.68. The van der Waals surface area contributed by atoms with Crippen molar-refractivity contribution in [3.05, 3.63) is 52.4 Å². The summed E-state index contributed by atoms with van der Waals surface area (Å²) in [5.74, 6) is -1.13. The van der Waals surface area contributed by atoms with Gasteiger partial charge in [-0.3, -0.25) is 0 Å². The van der Waals surface area contributed by atoms with E-state index in [1.54, 1.807) is 0 Å². The maximum atomic E-state index is 12.1. The number of carboxylic acid groups (broad SMARTS) is 1. The zero-order chi connectivity index (χ0) is 14.8. The summed E-state index contributed by atoms with van der Waals surface area (Å²) in [6.07, 6.45) is 0. The molecule has 7 heteroatoms. The van der Waals surface area contributed by atoms with Crippen LogP contribution in [0, 0.1) is 6.92 Å². The first-order chi connectivity index (χ1) is 9.40. The first-order valence-corrected chi connectivity index (χ1v) is 8.07. The van der Waals surface area contributed by atoms with Gasteiger partial charge in [0.05, 0.1) is 0 Å². The summed E-state index contributed by atoms with van der Waals surface area (Å²) in [6, 6.07) is 10.0. The van der Waals surface area contributed by atoms with Crippen molar-refractivity contribution in [3.8, 4) is 0 Å². The van der Waals surface area contributed by atoms with Crippen LogP contribution >= 0.6 is 11.3 Å². The van der Waals surface area contributed by atoms with Gasteiger partial charge in [0.1, 0.15) is 9.09 Å². The Morgan fingerprint density at radius 1 is 1.25 bits per heavy atom. The van der Waals surface area contributed by atoms with Crippen LogP contribution in [0.15, 0.2) is 40.6 Å². The number of hydrogen-bond donors (Lipinski definition) is 2. The summed E-state index contributed by atoms with van der Waals surface area (Å²) in [5.41, 5.74) is 1.87. The molecule has 0 amide bonds. The van der Waals surface area contributed by atoms with Crippen molar-refractivity contribution in [2.24, 2.45) is 0 Å². The Balaban J connectivity index is 2.15. The number of nitrogens with one attached hydrogen (secondary N) is 1. The minimum absolute atomic E-state index is 0.00117. The van der Waals surface area contributed by atoms with Crippen molar-refractivity contribution >= 4 is 27.3 Å². The Morgan fingerprint density at radius 3 is 2.55 bits per heavy atom. The van der Waals surface area contributed by atoms with Gasteiger partial charge in [-0.2, -0.15) is 0 Å². The molecule has 0 bridgehead atoms. The highest BCUT2D eigenvalue weighted by Gasteiger charge is 2.18. The van der Waals surface area contributed by atoms with E-state index in [0.717, 1.165) is 22.5 Å². The average Bonchev–Trinajstić information content (AvgIpc) is 2.88. The topological polar surface area (TPSA) is 83.5 Å². The third-order valence-corrected chi connectivity index (χ3v) is 5.74. The van der Waals surface area contributed by atoms with Gasteiger partial charge in [-0.1, -0.05) is 24.3 Å². The van der Waals surface area contributed by atoms with Gasteiger partial charge >= 0.3 is 5.97 Å². The molecule has 2 rings (SSSR count). The second-order valence-corrected chi connectivity index (χ2v) is 7.25. The second-order valence-electron chi connectivity index (χ2n) is 4.17. The minimum Gasteiger partial charge on any atom is -0.477 e. The highest BCUT2D eigenvalue weighted by Crippen LogP contribution is 2.21. The fourth-order valence-electron chi connectivity index (χ4n) is 1.63.